The fraction of sp³-hybridized carbons (Fsp3) is 1.00. The van der Waals surface area contributed by atoms with Crippen LogP contribution in [0.25, 0.3) is 0 Å². The molecular weight excluding hydrogens is 228 g/mol. The van der Waals surface area contributed by atoms with Crippen LogP contribution in [-0.4, -0.2) is 62.5 Å². The van der Waals surface area contributed by atoms with E-state index in [1.807, 2.05) is 0 Å². The fourth-order valence-electron chi connectivity index (χ4n) is 2.91. The van der Waals surface area contributed by atoms with Crippen molar-refractivity contribution in [2.75, 3.05) is 40.0 Å². The van der Waals surface area contributed by atoms with Gasteiger partial charge in [-0.05, 0) is 39.8 Å². The van der Waals surface area contributed by atoms with E-state index in [9.17, 15) is 0 Å². The molecule has 4 nitrogen and oxygen atoms in total. The minimum Gasteiger partial charge on any atom is -0.378 e. The molecule has 0 aromatic rings. The molecule has 0 radical (unpaired) electrons. The Bertz CT molecular complexity index is 244. The number of hydrogen-bond donors (Lipinski definition) is 1. The Hall–Kier alpha value is -0.160. The van der Waals surface area contributed by atoms with Crippen LogP contribution >= 0.6 is 0 Å². The van der Waals surface area contributed by atoms with Gasteiger partial charge in [0.1, 0.15) is 5.60 Å². The van der Waals surface area contributed by atoms with Crippen LogP contribution in [0.4, 0.5) is 0 Å². The van der Waals surface area contributed by atoms with E-state index in [1.54, 1.807) is 7.11 Å². The smallest absolute Gasteiger partial charge is 0.106 e. The number of likely N-dealkylation sites (tertiary alicyclic amines) is 1. The maximum atomic E-state index is 5.65. The SMILES string of the molecule is COC1(CNC2CCN(C(C)C)CC2)CCOC1. The second kappa shape index (κ2) is 6.33. The molecular formula is C14H28N2O2. The average molecular weight is 256 g/mol. The highest BCUT2D eigenvalue weighted by Crippen LogP contribution is 2.22. The highest BCUT2D eigenvalue weighted by molar-refractivity contribution is 4.89. The zero-order chi connectivity index (χ0) is 13.0. The zero-order valence-corrected chi connectivity index (χ0v) is 12.1. The molecule has 0 amide bonds. The van der Waals surface area contributed by atoms with Crippen molar-refractivity contribution in [2.24, 2.45) is 0 Å². The van der Waals surface area contributed by atoms with Crippen molar-refractivity contribution in [1.29, 1.82) is 0 Å². The van der Waals surface area contributed by atoms with Gasteiger partial charge in [-0.3, -0.25) is 0 Å². The first-order valence-electron chi connectivity index (χ1n) is 7.25. The molecule has 0 aromatic carbocycles. The third kappa shape index (κ3) is 3.44. The molecule has 2 heterocycles. The molecule has 2 aliphatic heterocycles. The van der Waals surface area contributed by atoms with Crippen molar-refractivity contribution in [3.63, 3.8) is 0 Å². The summed E-state index contributed by atoms with van der Waals surface area (Å²) >= 11 is 0. The number of rotatable bonds is 5. The first-order chi connectivity index (χ1) is 8.65. The van der Waals surface area contributed by atoms with Crippen LogP contribution in [0.2, 0.25) is 0 Å². The van der Waals surface area contributed by atoms with Gasteiger partial charge in [-0.1, -0.05) is 0 Å². The van der Waals surface area contributed by atoms with Crippen LogP contribution in [0.15, 0.2) is 0 Å². The fourth-order valence-corrected chi connectivity index (χ4v) is 2.91. The summed E-state index contributed by atoms with van der Waals surface area (Å²) in [5.74, 6) is 0. The number of ether oxygens (including phenoxy) is 2. The molecule has 0 aromatic heterocycles. The van der Waals surface area contributed by atoms with Gasteiger partial charge in [0.25, 0.3) is 0 Å². The van der Waals surface area contributed by atoms with E-state index in [0.29, 0.717) is 12.1 Å². The highest BCUT2D eigenvalue weighted by atomic mass is 16.5. The van der Waals surface area contributed by atoms with Gasteiger partial charge in [0.05, 0.1) is 6.61 Å². The summed E-state index contributed by atoms with van der Waals surface area (Å²) < 4.78 is 11.1. The lowest BCUT2D eigenvalue weighted by atomic mass is 9.99. The largest absolute Gasteiger partial charge is 0.378 e. The molecule has 106 valence electrons. The molecule has 1 atom stereocenters. The van der Waals surface area contributed by atoms with Crippen LogP contribution in [0.1, 0.15) is 33.1 Å². The number of nitrogens with one attached hydrogen (secondary N) is 1. The Morgan fingerprint density at radius 1 is 1.39 bits per heavy atom. The normalized spacial score (nSPS) is 31.3. The zero-order valence-electron chi connectivity index (χ0n) is 12.1. The molecule has 0 saturated carbocycles. The third-order valence-electron chi connectivity index (χ3n) is 4.47. The van der Waals surface area contributed by atoms with Crippen molar-refractivity contribution in [1.82, 2.24) is 10.2 Å². The van der Waals surface area contributed by atoms with Gasteiger partial charge < -0.3 is 19.7 Å². The van der Waals surface area contributed by atoms with Crippen LogP contribution in [0.5, 0.6) is 0 Å². The molecule has 0 spiro atoms. The topological polar surface area (TPSA) is 33.7 Å². The molecule has 2 saturated heterocycles. The number of nitrogens with zero attached hydrogens (tertiary/aromatic N) is 1. The quantitative estimate of drug-likeness (QED) is 0.803. The van der Waals surface area contributed by atoms with Crippen LogP contribution in [-0.2, 0) is 9.47 Å². The molecule has 2 rings (SSSR count). The Labute approximate surface area is 111 Å². The van der Waals surface area contributed by atoms with E-state index in [2.05, 4.69) is 24.1 Å². The lowest BCUT2D eigenvalue weighted by Gasteiger charge is -2.36. The van der Waals surface area contributed by atoms with Gasteiger partial charge >= 0.3 is 0 Å². The Balaban J connectivity index is 1.71. The first kappa shape index (κ1) is 14.3. The standard InChI is InChI=1S/C14H28N2O2/c1-12(2)16-7-4-13(5-8-16)15-10-14(17-3)6-9-18-11-14/h12-13,15H,4-11H2,1-3H3. The van der Waals surface area contributed by atoms with Gasteiger partial charge in [0.15, 0.2) is 0 Å². The molecule has 2 aliphatic rings. The van der Waals surface area contributed by atoms with E-state index in [4.69, 9.17) is 9.47 Å². The summed E-state index contributed by atoms with van der Waals surface area (Å²) in [6, 6.07) is 1.33. The average Bonchev–Trinajstić information content (AvgIpc) is 2.86. The van der Waals surface area contributed by atoms with Crippen LogP contribution < -0.4 is 5.32 Å². The summed E-state index contributed by atoms with van der Waals surface area (Å²) in [6.45, 7) is 9.49. The number of methoxy groups -OCH3 is 1. The van der Waals surface area contributed by atoms with Crippen molar-refractivity contribution in [2.45, 2.75) is 50.8 Å². The van der Waals surface area contributed by atoms with Gasteiger partial charge in [-0.2, -0.15) is 0 Å². The molecule has 0 aliphatic carbocycles. The number of hydrogen-bond acceptors (Lipinski definition) is 4. The van der Waals surface area contributed by atoms with Gasteiger partial charge in [0.2, 0.25) is 0 Å². The minimum atomic E-state index is -0.0742. The minimum absolute atomic E-state index is 0.0742. The lowest BCUT2D eigenvalue weighted by Crippen LogP contribution is -2.50. The first-order valence-corrected chi connectivity index (χ1v) is 7.25. The third-order valence-corrected chi connectivity index (χ3v) is 4.47. The molecule has 1 unspecified atom stereocenters. The summed E-state index contributed by atoms with van der Waals surface area (Å²) in [5, 5.41) is 3.68. The number of piperidine rings is 1. The van der Waals surface area contributed by atoms with Gasteiger partial charge in [0, 0.05) is 38.8 Å². The Morgan fingerprint density at radius 3 is 2.61 bits per heavy atom. The van der Waals surface area contributed by atoms with E-state index in [0.717, 1.165) is 26.2 Å². The summed E-state index contributed by atoms with van der Waals surface area (Å²) in [4.78, 5) is 2.56. The second-order valence-corrected chi connectivity index (χ2v) is 5.97. The van der Waals surface area contributed by atoms with E-state index in [1.165, 1.54) is 25.9 Å². The summed E-state index contributed by atoms with van der Waals surface area (Å²) in [5.41, 5.74) is -0.0742. The maximum absolute atomic E-state index is 5.65. The highest BCUT2D eigenvalue weighted by Gasteiger charge is 2.35. The second-order valence-electron chi connectivity index (χ2n) is 5.97. The van der Waals surface area contributed by atoms with Crippen LogP contribution in [0.3, 0.4) is 0 Å². The monoisotopic (exact) mass is 256 g/mol. The Kier molecular flexibility index (Phi) is 5.01. The maximum Gasteiger partial charge on any atom is 0.106 e. The molecule has 18 heavy (non-hydrogen) atoms. The van der Waals surface area contributed by atoms with Crippen LogP contribution in [0, 0.1) is 0 Å². The predicted molar refractivity (Wildman–Crippen MR) is 72.9 cm³/mol. The Morgan fingerprint density at radius 2 is 2.11 bits per heavy atom. The van der Waals surface area contributed by atoms with Crippen molar-refractivity contribution in [3.8, 4) is 0 Å². The van der Waals surface area contributed by atoms with Crippen molar-refractivity contribution < 1.29 is 9.47 Å². The van der Waals surface area contributed by atoms with Gasteiger partial charge in [-0.15, -0.1) is 0 Å². The molecule has 2 fully saturated rings. The van der Waals surface area contributed by atoms with E-state index < -0.39 is 0 Å². The van der Waals surface area contributed by atoms with Crippen molar-refractivity contribution >= 4 is 0 Å². The van der Waals surface area contributed by atoms with E-state index in [-0.39, 0.29) is 5.60 Å². The predicted octanol–water partition coefficient (Wildman–Crippen LogP) is 1.25. The van der Waals surface area contributed by atoms with Crippen molar-refractivity contribution in [3.05, 3.63) is 0 Å². The van der Waals surface area contributed by atoms with E-state index >= 15 is 0 Å². The van der Waals surface area contributed by atoms with Gasteiger partial charge in [-0.25, -0.2) is 0 Å². The molecule has 1 N–H and O–H groups in total. The molecule has 0 bridgehead atoms. The summed E-state index contributed by atoms with van der Waals surface area (Å²) in [6.07, 6.45) is 3.51. The summed E-state index contributed by atoms with van der Waals surface area (Å²) in [7, 11) is 1.80. The lowest BCUT2D eigenvalue weighted by molar-refractivity contribution is -0.0190. The molecule has 4 heteroatoms.